The molecule has 0 fully saturated rings. The van der Waals surface area contributed by atoms with E-state index in [2.05, 4.69) is 15.1 Å². The predicted octanol–water partition coefficient (Wildman–Crippen LogP) is 2.99. The van der Waals surface area contributed by atoms with Gasteiger partial charge in [-0.05, 0) is 41.6 Å². The van der Waals surface area contributed by atoms with E-state index in [0.717, 1.165) is 4.90 Å². The molecule has 11 heteroatoms. The number of nitriles is 1. The van der Waals surface area contributed by atoms with Crippen molar-refractivity contribution in [1.82, 2.24) is 20.0 Å². The van der Waals surface area contributed by atoms with Crippen molar-refractivity contribution in [2.45, 2.75) is 6.42 Å². The summed E-state index contributed by atoms with van der Waals surface area (Å²) in [6.07, 6.45) is 1.56. The first-order valence-corrected chi connectivity index (χ1v) is 9.30. The summed E-state index contributed by atoms with van der Waals surface area (Å²) in [6, 6.07) is 12.9. The molecule has 0 radical (unpaired) electrons. The Morgan fingerprint density at radius 1 is 1.13 bits per heavy atom. The lowest BCUT2D eigenvalue weighted by atomic mass is 10.1. The number of anilines is 2. The molecule has 2 aromatic carbocycles. The third-order valence-electron chi connectivity index (χ3n) is 5.21. The van der Waals surface area contributed by atoms with Gasteiger partial charge in [-0.1, -0.05) is 12.1 Å². The van der Waals surface area contributed by atoms with Crippen LogP contribution in [0.1, 0.15) is 5.56 Å². The molecule has 152 valence electrons. The molecule has 1 unspecified atom stereocenters. The topological polar surface area (TPSA) is 88.0 Å². The number of hydrogen-bond donors (Lipinski definition) is 0. The fourth-order valence-electron chi connectivity index (χ4n) is 3.82. The average molecular weight is 418 g/mol. The minimum Gasteiger partial charge on any atom is -0.332 e. The second kappa shape index (κ2) is 6.27. The maximum absolute atomic E-state index is 15.1. The molecule has 31 heavy (non-hydrogen) atoms. The summed E-state index contributed by atoms with van der Waals surface area (Å²) in [5.41, 5.74) is 1.88. The maximum Gasteiger partial charge on any atom is 0.287 e. The molecule has 0 bridgehead atoms. The first kappa shape index (κ1) is 17.4. The van der Waals surface area contributed by atoms with Crippen molar-refractivity contribution in [3.05, 3.63) is 71.9 Å². The Hall–Kier alpha value is -4.46. The normalized spacial score (nSPS) is 18.9. The van der Waals surface area contributed by atoms with Crippen LogP contribution in [0, 0.1) is 17.3 Å². The van der Waals surface area contributed by atoms with Gasteiger partial charge in [0.1, 0.15) is 12.5 Å². The zero-order valence-corrected chi connectivity index (χ0v) is 15.7. The summed E-state index contributed by atoms with van der Waals surface area (Å²) < 4.78 is 33.6. The van der Waals surface area contributed by atoms with Crippen molar-refractivity contribution < 1.29 is 13.3 Å². The number of para-hydroxylation sites is 1. The van der Waals surface area contributed by atoms with Gasteiger partial charge < -0.3 is 4.52 Å². The lowest BCUT2D eigenvalue weighted by Gasteiger charge is -2.39. The van der Waals surface area contributed by atoms with E-state index in [1.807, 2.05) is 18.3 Å². The number of aliphatic imine (C=N–C) groups is 1. The molecule has 3 aliphatic heterocycles. The van der Waals surface area contributed by atoms with E-state index < -0.39 is 6.42 Å². The Kier molecular flexibility index (Phi) is 3.52. The molecule has 0 amide bonds. The van der Waals surface area contributed by atoms with Crippen LogP contribution in [0.2, 0.25) is 0 Å². The number of fused-ring (bicyclic) bond motifs is 6. The van der Waals surface area contributed by atoms with Crippen LogP contribution >= 0.6 is 0 Å². The van der Waals surface area contributed by atoms with E-state index in [1.165, 1.54) is 35.4 Å². The molecule has 0 saturated carbocycles. The van der Waals surface area contributed by atoms with Crippen molar-refractivity contribution >= 4 is 17.5 Å². The lowest BCUT2D eigenvalue weighted by Crippen LogP contribution is -2.51. The molecule has 0 N–H and O–H groups in total. The van der Waals surface area contributed by atoms with Crippen LogP contribution in [0.15, 0.2) is 70.1 Å². The molecule has 3 aliphatic rings. The molecule has 1 aromatic heterocycles. The van der Waals surface area contributed by atoms with Crippen LogP contribution in [-0.4, -0.2) is 39.0 Å². The first-order chi connectivity index (χ1) is 15.2. The predicted molar refractivity (Wildman–Crippen MR) is 105 cm³/mol. The molecule has 0 aliphatic carbocycles. The van der Waals surface area contributed by atoms with Crippen LogP contribution in [0.3, 0.4) is 0 Å². The molecule has 3 aromatic rings. The largest absolute Gasteiger partial charge is 0.332 e. The van der Waals surface area contributed by atoms with Crippen molar-refractivity contribution in [3.8, 4) is 17.6 Å². The number of rotatable bonds is 2. The van der Waals surface area contributed by atoms with Crippen LogP contribution in [-0.2, 0) is 0 Å². The summed E-state index contributed by atoms with van der Waals surface area (Å²) in [4.78, 5) is 11.3. The second-order valence-electron chi connectivity index (χ2n) is 6.93. The quantitative estimate of drug-likeness (QED) is 0.464. The number of nitrogens with zero attached hydrogens (tertiary/aromatic N) is 8. The summed E-state index contributed by atoms with van der Waals surface area (Å²) in [5.74, 6) is 1.02. The maximum atomic E-state index is 15.1. The van der Waals surface area contributed by atoms with Crippen molar-refractivity contribution in [3.63, 3.8) is 0 Å². The Bertz CT molecular complexity index is 1300. The second-order valence-corrected chi connectivity index (χ2v) is 6.93. The summed E-state index contributed by atoms with van der Waals surface area (Å²) >= 11 is 0. The van der Waals surface area contributed by atoms with Crippen LogP contribution in [0.5, 0.6) is 0 Å². The molecule has 9 nitrogen and oxygen atoms in total. The molecular weight excluding hydrogens is 406 g/mol. The fourth-order valence-corrected chi connectivity index (χ4v) is 3.82. The number of halogens is 2. The highest BCUT2D eigenvalue weighted by Gasteiger charge is 2.47. The number of aromatic nitrogens is 2. The van der Waals surface area contributed by atoms with E-state index in [9.17, 15) is 9.65 Å². The molecule has 0 spiro atoms. The highest BCUT2D eigenvalue weighted by Crippen LogP contribution is 2.42. The van der Waals surface area contributed by atoms with E-state index in [-0.39, 0.29) is 24.3 Å². The van der Waals surface area contributed by atoms with Crippen LogP contribution in [0.4, 0.5) is 20.4 Å². The lowest BCUT2D eigenvalue weighted by molar-refractivity contribution is 0.204. The third-order valence-corrected chi connectivity index (χ3v) is 5.21. The van der Waals surface area contributed by atoms with E-state index >= 15 is 4.39 Å². The standard InChI is InChI=1S/C20H12F2N8O/c21-13-7-5-12(6-8-13)18-25-20(26-31-18)28-11-24-17-14-3-1-2-4-15(14)29-16(30(17)28)9-27(10-23)19(29)22/h1-9,19H,11H2. The number of benzene rings is 2. The summed E-state index contributed by atoms with van der Waals surface area (Å²) in [7, 11) is 0. The SMILES string of the molecule is N#CN1C=C2N(c3ccccc3C3=NCN(c4noc(-c5ccc(F)cc5)n4)N23)C1F. The molecule has 4 heterocycles. The van der Waals surface area contributed by atoms with Gasteiger partial charge in [-0.2, -0.15) is 14.6 Å². The molecule has 1 atom stereocenters. The number of amidine groups is 1. The molecule has 0 saturated heterocycles. The first-order valence-electron chi connectivity index (χ1n) is 9.30. The van der Waals surface area contributed by atoms with Crippen molar-refractivity contribution in [2.75, 3.05) is 16.6 Å². The van der Waals surface area contributed by atoms with Gasteiger partial charge in [-0.15, -0.1) is 0 Å². The van der Waals surface area contributed by atoms with Gasteiger partial charge in [0.25, 0.3) is 18.3 Å². The highest BCUT2D eigenvalue weighted by atomic mass is 19.1. The Morgan fingerprint density at radius 2 is 1.94 bits per heavy atom. The Labute approximate surface area is 174 Å². The highest BCUT2D eigenvalue weighted by molar-refractivity contribution is 6.09. The van der Waals surface area contributed by atoms with Gasteiger partial charge in [-0.25, -0.2) is 24.3 Å². The zero-order chi connectivity index (χ0) is 21.1. The zero-order valence-electron chi connectivity index (χ0n) is 15.7. The minimum absolute atomic E-state index is 0.167. The van der Waals surface area contributed by atoms with E-state index in [4.69, 9.17) is 4.52 Å². The van der Waals surface area contributed by atoms with Gasteiger partial charge in [0.15, 0.2) is 17.8 Å². The van der Waals surface area contributed by atoms with Gasteiger partial charge >= 0.3 is 0 Å². The molecular formula is C20H12F2N8O. The average Bonchev–Trinajstić information content (AvgIpc) is 3.51. The van der Waals surface area contributed by atoms with Crippen molar-refractivity contribution in [1.29, 1.82) is 5.26 Å². The third kappa shape index (κ3) is 2.42. The van der Waals surface area contributed by atoms with E-state index in [1.54, 1.807) is 22.2 Å². The number of alkyl halides is 1. The van der Waals surface area contributed by atoms with Crippen molar-refractivity contribution in [2.24, 2.45) is 4.99 Å². The molecule has 6 rings (SSSR count). The summed E-state index contributed by atoms with van der Waals surface area (Å²) in [6.45, 7) is 0.167. The fraction of sp³-hybridized carbons (Fsp3) is 0.100. The van der Waals surface area contributed by atoms with Gasteiger partial charge in [-0.3, -0.25) is 4.90 Å². The Balaban J connectivity index is 1.43. The van der Waals surface area contributed by atoms with Gasteiger partial charge in [0, 0.05) is 11.1 Å². The Morgan fingerprint density at radius 3 is 2.74 bits per heavy atom. The smallest absolute Gasteiger partial charge is 0.287 e. The van der Waals surface area contributed by atoms with Crippen LogP contribution in [0.25, 0.3) is 11.5 Å². The minimum atomic E-state index is -1.69. The number of hydrogen-bond acceptors (Lipinski definition) is 9. The van der Waals surface area contributed by atoms with Gasteiger partial charge in [0.05, 0.1) is 11.9 Å². The monoisotopic (exact) mass is 418 g/mol. The van der Waals surface area contributed by atoms with E-state index in [0.29, 0.717) is 28.5 Å². The van der Waals surface area contributed by atoms with Crippen LogP contribution < -0.4 is 9.91 Å². The summed E-state index contributed by atoms with van der Waals surface area (Å²) in [5, 5.41) is 16.6. The van der Waals surface area contributed by atoms with Gasteiger partial charge in [0.2, 0.25) is 0 Å². The number of hydrazine groups is 1.